The number of rotatable bonds is 10. The van der Waals surface area contributed by atoms with E-state index in [1.165, 1.54) is 0 Å². The molecule has 0 aliphatic rings. The van der Waals surface area contributed by atoms with Gasteiger partial charge in [0.25, 0.3) is 0 Å². The summed E-state index contributed by atoms with van der Waals surface area (Å²) in [5, 5.41) is 0. The van der Waals surface area contributed by atoms with Crippen molar-refractivity contribution in [3.05, 3.63) is 60.7 Å². The Hall–Kier alpha value is -1.03. The summed E-state index contributed by atoms with van der Waals surface area (Å²) in [6, 6.07) is 19.6. The molecule has 2 nitrogen and oxygen atoms in total. The third-order valence-corrected chi connectivity index (χ3v) is 6.82. The molecule has 0 spiro atoms. The number of benzene rings is 2. The largest absolute Gasteiger partial charge is 0.494 e. The normalized spacial score (nSPS) is 11.9. The molecule has 23 heavy (non-hydrogen) atoms. The number of hydrogen-bond donors (Lipinski definition) is 0. The molecule has 0 aromatic heterocycles. The van der Waals surface area contributed by atoms with Gasteiger partial charge in [-0.15, -0.1) is 0 Å². The minimum atomic E-state index is -1.61. The van der Waals surface area contributed by atoms with E-state index in [9.17, 15) is 0 Å². The van der Waals surface area contributed by atoms with Crippen molar-refractivity contribution in [1.82, 2.24) is 0 Å². The van der Waals surface area contributed by atoms with Crippen LogP contribution in [-0.2, 0) is 0 Å². The summed E-state index contributed by atoms with van der Waals surface area (Å²) in [4.78, 5) is 0. The molecule has 0 fully saturated rings. The van der Waals surface area contributed by atoms with Gasteiger partial charge in [0.2, 0.25) is 0 Å². The predicted molar refractivity (Wildman–Crippen MR) is 102 cm³/mol. The van der Waals surface area contributed by atoms with E-state index in [-0.39, 0.29) is 0 Å². The average molecular weight is 373 g/mol. The topological polar surface area (TPSA) is 18.5 Å². The predicted octanol–water partition coefficient (Wildman–Crippen LogP) is 6.04. The van der Waals surface area contributed by atoms with Crippen LogP contribution in [0.1, 0.15) is 12.8 Å². The summed E-state index contributed by atoms with van der Waals surface area (Å²) >= 11 is 0. The van der Waals surface area contributed by atoms with E-state index < -0.39 is 8.46 Å². The standard InChI is InChI=1S/C18H22Cl2O2S/c19-23(20,15-7-13-21-17-9-3-1-4-10-17)16-8-14-22-18-11-5-2-6-12-18/h1-6,9-12H,7-8,13-16H2. The van der Waals surface area contributed by atoms with Crippen molar-refractivity contribution in [2.24, 2.45) is 0 Å². The Kier molecular flexibility index (Phi) is 7.93. The highest BCUT2D eigenvalue weighted by molar-refractivity contribution is 8.65. The Balaban J connectivity index is 1.57. The van der Waals surface area contributed by atoms with Gasteiger partial charge in [0.1, 0.15) is 11.5 Å². The number of ether oxygens (including phenoxy) is 2. The molecule has 0 radical (unpaired) electrons. The second kappa shape index (κ2) is 9.96. The molecule has 0 bridgehead atoms. The van der Waals surface area contributed by atoms with E-state index in [1.54, 1.807) is 0 Å². The summed E-state index contributed by atoms with van der Waals surface area (Å²) in [6.07, 6.45) is 1.72. The Morgan fingerprint density at radius 3 is 1.43 bits per heavy atom. The van der Waals surface area contributed by atoms with Crippen molar-refractivity contribution in [3.8, 4) is 11.5 Å². The molecule has 0 aliphatic heterocycles. The molecule has 0 saturated carbocycles. The van der Waals surface area contributed by atoms with Crippen molar-refractivity contribution in [3.63, 3.8) is 0 Å². The Morgan fingerprint density at radius 1 is 0.652 bits per heavy atom. The Morgan fingerprint density at radius 2 is 1.04 bits per heavy atom. The lowest BCUT2D eigenvalue weighted by Gasteiger charge is -2.24. The van der Waals surface area contributed by atoms with Crippen molar-refractivity contribution in [1.29, 1.82) is 0 Å². The van der Waals surface area contributed by atoms with Crippen LogP contribution in [0, 0.1) is 0 Å². The lowest BCUT2D eigenvalue weighted by atomic mass is 10.3. The lowest BCUT2D eigenvalue weighted by Crippen LogP contribution is -2.06. The first-order chi connectivity index (χ1) is 11.2. The van der Waals surface area contributed by atoms with Gasteiger partial charge in [-0.25, -0.2) is 0 Å². The van der Waals surface area contributed by atoms with Gasteiger partial charge in [-0.1, -0.05) is 66.2 Å². The molecule has 0 amide bonds. The van der Waals surface area contributed by atoms with Crippen molar-refractivity contribution in [2.75, 3.05) is 24.7 Å². The maximum Gasteiger partial charge on any atom is 0.119 e. The van der Waals surface area contributed by atoms with Crippen LogP contribution in [0.3, 0.4) is 0 Å². The highest BCUT2D eigenvalue weighted by atomic mass is 36.0. The smallest absolute Gasteiger partial charge is 0.119 e. The van der Waals surface area contributed by atoms with E-state index in [2.05, 4.69) is 0 Å². The van der Waals surface area contributed by atoms with Gasteiger partial charge >= 0.3 is 0 Å². The molecule has 5 heteroatoms. The molecule has 0 heterocycles. The van der Waals surface area contributed by atoms with Gasteiger partial charge in [-0.3, -0.25) is 0 Å². The molecule has 2 rings (SSSR count). The second-order valence-electron chi connectivity index (χ2n) is 5.14. The summed E-state index contributed by atoms with van der Waals surface area (Å²) in [7, 11) is 11.3. The van der Waals surface area contributed by atoms with Gasteiger partial charge in [0, 0.05) is 11.5 Å². The Labute approximate surface area is 149 Å². The first-order valence-electron chi connectivity index (χ1n) is 7.69. The van der Waals surface area contributed by atoms with Crippen LogP contribution < -0.4 is 9.47 Å². The zero-order valence-electron chi connectivity index (χ0n) is 13.0. The summed E-state index contributed by atoms with van der Waals surface area (Å²) < 4.78 is 11.3. The number of hydrogen-bond acceptors (Lipinski definition) is 2. The minimum Gasteiger partial charge on any atom is -0.494 e. The third kappa shape index (κ3) is 7.87. The lowest BCUT2D eigenvalue weighted by molar-refractivity contribution is 0.317. The number of para-hydroxylation sites is 2. The molecule has 2 aromatic rings. The van der Waals surface area contributed by atoms with E-state index in [4.69, 9.17) is 30.8 Å². The summed E-state index contributed by atoms with van der Waals surface area (Å²) in [5.74, 6) is 3.34. The van der Waals surface area contributed by atoms with E-state index in [0.717, 1.165) is 35.8 Å². The monoisotopic (exact) mass is 372 g/mol. The first-order valence-corrected chi connectivity index (χ1v) is 11.3. The van der Waals surface area contributed by atoms with Crippen LogP contribution in [0.25, 0.3) is 0 Å². The molecule has 0 unspecified atom stereocenters. The molecule has 0 atom stereocenters. The van der Waals surface area contributed by atoms with Crippen LogP contribution in [0.4, 0.5) is 0 Å². The highest BCUT2D eigenvalue weighted by Gasteiger charge is 2.17. The fourth-order valence-electron chi connectivity index (χ4n) is 2.06. The zero-order chi connectivity index (χ0) is 16.4. The maximum atomic E-state index is 6.44. The summed E-state index contributed by atoms with van der Waals surface area (Å²) in [6.45, 7) is 1.28. The van der Waals surface area contributed by atoms with E-state index in [1.807, 2.05) is 60.7 Å². The van der Waals surface area contributed by atoms with E-state index in [0.29, 0.717) is 13.2 Å². The van der Waals surface area contributed by atoms with Gasteiger partial charge in [0.15, 0.2) is 0 Å². The van der Waals surface area contributed by atoms with Gasteiger partial charge in [0.05, 0.1) is 13.2 Å². The maximum absolute atomic E-state index is 6.44. The zero-order valence-corrected chi connectivity index (χ0v) is 15.3. The van der Waals surface area contributed by atoms with Gasteiger partial charge < -0.3 is 9.47 Å². The average Bonchev–Trinajstić information content (AvgIpc) is 2.58. The Bertz CT molecular complexity index is 500. The molecule has 0 aliphatic carbocycles. The molecule has 126 valence electrons. The van der Waals surface area contributed by atoms with Crippen LogP contribution in [0.15, 0.2) is 60.7 Å². The minimum absolute atomic E-state index is 0.638. The van der Waals surface area contributed by atoms with Gasteiger partial charge in [-0.2, -0.15) is 0 Å². The molecule has 0 saturated heterocycles. The van der Waals surface area contributed by atoms with Gasteiger partial charge in [-0.05, 0) is 37.1 Å². The van der Waals surface area contributed by atoms with Crippen LogP contribution in [0.5, 0.6) is 11.5 Å². The van der Waals surface area contributed by atoms with Crippen molar-refractivity contribution in [2.45, 2.75) is 12.8 Å². The van der Waals surface area contributed by atoms with Crippen LogP contribution in [-0.4, -0.2) is 24.7 Å². The highest BCUT2D eigenvalue weighted by Crippen LogP contribution is 2.58. The SMILES string of the molecule is ClS(Cl)(CCCOc1ccccc1)CCCOc1ccccc1. The van der Waals surface area contributed by atoms with Crippen molar-refractivity contribution >= 4 is 29.8 Å². The molecule has 0 N–H and O–H groups in total. The number of halogens is 2. The third-order valence-electron chi connectivity index (χ3n) is 3.20. The second-order valence-corrected chi connectivity index (χ2v) is 11.4. The van der Waals surface area contributed by atoms with Crippen molar-refractivity contribution < 1.29 is 9.47 Å². The first kappa shape index (κ1) is 18.3. The summed E-state index contributed by atoms with van der Waals surface area (Å²) in [5.41, 5.74) is 0. The van der Waals surface area contributed by atoms with Crippen LogP contribution >= 0.6 is 29.8 Å². The quantitative estimate of drug-likeness (QED) is 0.473. The van der Waals surface area contributed by atoms with Crippen LogP contribution in [0.2, 0.25) is 0 Å². The van der Waals surface area contributed by atoms with E-state index >= 15 is 0 Å². The fraction of sp³-hybridized carbons (Fsp3) is 0.333. The fourth-order valence-corrected chi connectivity index (χ4v) is 4.65. The molecule has 2 aromatic carbocycles. The molecular formula is C18H22Cl2O2S. The molecular weight excluding hydrogens is 351 g/mol.